The minimum atomic E-state index is -0.256. The van der Waals surface area contributed by atoms with Crippen molar-refractivity contribution in [2.75, 3.05) is 11.9 Å². The van der Waals surface area contributed by atoms with Crippen LogP contribution >= 0.6 is 12.2 Å². The first-order valence-corrected chi connectivity index (χ1v) is 9.48. The second kappa shape index (κ2) is 8.01. The Bertz CT molecular complexity index is 848. The van der Waals surface area contributed by atoms with Gasteiger partial charge in [-0.25, -0.2) is 0 Å². The number of ether oxygens (including phenoxy) is 2. The van der Waals surface area contributed by atoms with E-state index in [2.05, 4.69) is 50.1 Å². The molecule has 0 spiro atoms. The number of aryl methyl sites for hydroxylation is 1. The third-order valence-electron chi connectivity index (χ3n) is 4.39. The maximum absolute atomic E-state index is 6.13. The number of thiocarbonyl (C=S) groups is 1. The van der Waals surface area contributed by atoms with Crippen molar-refractivity contribution in [1.29, 1.82) is 0 Å². The van der Waals surface area contributed by atoms with E-state index in [1.54, 1.807) is 6.08 Å². The van der Waals surface area contributed by atoms with Crippen LogP contribution in [0, 0.1) is 6.92 Å². The predicted molar refractivity (Wildman–Crippen MR) is 115 cm³/mol. The molecule has 142 valence electrons. The van der Waals surface area contributed by atoms with Crippen molar-refractivity contribution in [3.8, 4) is 11.5 Å². The second-order valence-corrected chi connectivity index (χ2v) is 7.79. The molecule has 1 unspecified atom stereocenters. The fourth-order valence-electron chi connectivity index (χ4n) is 3.25. The van der Waals surface area contributed by atoms with Crippen LogP contribution in [0.3, 0.4) is 0 Å². The van der Waals surface area contributed by atoms with Crippen LogP contribution in [-0.4, -0.2) is 17.3 Å². The van der Waals surface area contributed by atoms with Crippen molar-refractivity contribution in [3.05, 3.63) is 66.2 Å². The first kappa shape index (κ1) is 19.2. The lowest BCUT2D eigenvalue weighted by Crippen LogP contribution is -2.42. The minimum absolute atomic E-state index is 0.0869. The standard InChI is InChI=1S/C22H26N2O2S/c1-5-11-25-17-8-6-7-16(13-17)23-21(27)24-19-14-22(3,4)26-20-10-9-15(2)12-18(19)20/h5-10,12-13,19H,1,11,14H2,2-4H3,(H2,23,24,27). The maximum Gasteiger partial charge on any atom is 0.171 e. The molecule has 1 heterocycles. The van der Waals surface area contributed by atoms with Gasteiger partial charge in [0.05, 0.1) is 6.04 Å². The lowest BCUT2D eigenvalue weighted by molar-refractivity contribution is 0.0696. The van der Waals surface area contributed by atoms with Crippen LogP contribution < -0.4 is 20.1 Å². The topological polar surface area (TPSA) is 42.5 Å². The number of rotatable bonds is 5. The third kappa shape index (κ3) is 5.01. The summed E-state index contributed by atoms with van der Waals surface area (Å²) in [6, 6.07) is 14.1. The highest BCUT2D eigenvalue weighted by Gasteiger charge is 2.34. The third-order valence-corrected chi connectivity index (χ3v) is 4.61. The molecular weight excluding hydrogens is 356 g/mol. The van der Waals surface area contributed by atoms with Crippen LogP contribution in [0.15, 0.2) is 55.1 Å². The van der Waals surface area contributed by atoms with Crippen molar-refractivity contribution in [1.82, 2.24) is 5.32 Å². The van der Waals surface area contributed by atoms with Crippen molar-refractivity contribution in [2.24, 2.45) is 0 Å². The Morgan fingerprint density at radius 1 is 1.33 bits per heavy atom. The number of fused-ring (bicyclic) bond motifs is 1. The van der Waals surface area contributed by atoms with E-state index in [1.807, 2.05) is 30.3 Å². The Morgan fingerprint density at radius 2 is 2.15 bits per heavy atom. The molecule has 2 aromatic carbocycles. The van der Waals surface area contributed by atoms with Gasteiger partial charge in [-0.05, 0) is 51.2 Å². The number of benzene rings is 2. The Balaban J connectivity index is 1.72. The first-order chi connectivity index (χ1) is 12.9. The second-order valence-electron chi connectivity index (χ2n) is 7.39. The molecule has 0 amide bonds. The molecule has 1 aliphatic rings. The quantitative estimate of drug-likeness (QED) is 0.553. The Kier molecular flexibility index (Phi) is 5.71. The molecule has 0 bridgehead atoms. The van der Waals surface area contributed by atoms with Gasteiger partial charge in [-0.15, -0.1) is 0 Å². The molecule has 0 radical (unpaired) electrons. The van der Waals surface area contributed by atoms with Crippen LogP contribution in [0.1, 0.15) is 37.4 Å². The Labute approximate surface area is 166 Å². The molecule has 5 heteroatoms. The van der Waals surface area contributed by atoms with E-state index in [0.29, 0.717) is 11.7 Å². The van der Waals surface area contributed by atoms with E-state index in [9.17, 15) is 0 Å². The van der Waals surface area contributed by atoms with E-state index in [-0.39, 0.29) is 11.6 Å². The first-order valence-electron chi connectivity index (χ1n) is 9.07. The summed E-state index contributed by atoms with van der Waals surface area (Å²) in [7, 11) is 0. The summed E-state index contributed by atoms with van der Waals surface area (Å²) in [5.41, 5.74) is 2.97. The highest BCUT2D eigenvalue weighted by atomic mass is 32.1. The van der Waals surface area contributed by atoms with Crippen molar-refractivity contribution in [3.63, 3.8) is 0 Å². The molecule has 0 saturated heterocycles. The molecule has 1 aliphatic heterocycles. The van der Waals surface area contributed by atoms with Crippen molar-refractivity contribution >= 4 is 23.0 Å². The number of hydrogen-bond donors (Lipinski definition) is 2. The van der Waals surface area contributed by atoms with Crippen molar-refractivity contribution in [2.45, 2.75) is 38.8 Å². The van der Waals surface area contributed by atoms with Gasteiger partial charge < -0.3 is 20.1 Å². The van der Waals surface area contributed by atoms with E-state index in [4.69, 9.17) is 21.7 Å². The lowest BCUT2D eigenvalue weighted by atomic mass is 9.89. The predicted octanol–water partition coefficient (Wildman–Crippen LogP) is 5.15. The lowest BCUT2D eigenvalue weighted by Gasteiger charge is -2.38. The van der Waals surface area contributed by atoms with Gasteiger partial charge in [0.1, 0.15) is 23.7 Å². The van der Waals surface area contributed by atoms with Crippen LogP contribution in [0.4, 0.5) is 5.69 Å². The minimum Gasteiger partial charge on any atom is -0.489 e. The fraction of sp³-hybridized carbons (Fsp3) is 0.318. The molecule has 0 aromatic heterocycles. The maximum atomic E-state index is 6.13. The van der Waals surface area contributed by atoms with Gasteiger partial charge in [0.15, 0.2) is 5.11 Å². The highest BCUT2D eigenvalue weighted by molar-refractivity contribution is 7.80. The molecule has 27 heavy (non-hydrogen) atoms. The van der Waals surface area contributed by atoms with Crippen LogP contribution in [0.5, 0.6) is 11.5 Å². The largest absolute Gasteiger partial charge is 0.489 e. The van der Waals surface area contributed by atoms with Gasteiger partial charge >= 0.3 is 0 Å². The molecule has 0 saturated carbocycles. The zero-order valence-electron chi connectivity index (χ0n) is 16.0. The van der Waals surface area contributed by atoms with E-state index in [1.165, 1.54) is 5.56 Å². The van der Waals surface area contributed by atoms with E-state index in [0.717, 1.165) is 29.2 Å². The summed E-state index contributed by atoms with van der Waals surface area (Å²) < 4.78 is 11.7. The van der Waals surface area contributed by atoms with Gasteiger partial charge in [-0.3, -0.25) is 0 Å². The summed E-state index contributed by atoms with van der Waals surface area (Å²) in [5.74, 6) is 1.69. The average Bonchev–Trinajstić information content (AvgIpc) is 2.60. The van der Waals surface area contributed by atoms with Gasteiger partial charge in [0.2, 0.25) is 0 Å². The molecular formula is C22H26N2O2S. The monoisotopic (exact) mass is 382 g/mol. The fourth-order valence-corrected chi connectivity index (χ4v) is 3.51. The van der Waals surface area contributed by atoms with Gasteiger partial charge in [-0.1, -0.05) is 36.4 Å². The Hall–Kier alpha value is -2.53. The molecule has 4 nitrogen and oxygen atoms in total. The number of hydrogen-bond acceptors (Lipinski definition) is 3. The van der Waals surface area contributed by atoms with Crippen LogP contribution in [0.25, 0.3) is 0 Å². The summed E-state index contributed by atoms with van der Waals surface area (Å²) in [4.78, 5) is 0. The number of anilines is 1. The van der Waals surface area contributed by atoms with E-state index >= 15 is 0 Å². The SMILES string of the molecule is C=CCOc1cccc(NC(=S)NC2CC(C)(C)Oc3ccc(C)cc32)c1. The highest BCUT2D eigenvalue weighted by Crippen LogP contribution is 2.39. The summed E-state index contributed by atoms with van der Waals surface area (Å²) in [5, 5.41) is 7.28. The van der Waals surface area contributed by atoms with Crippen LogP contribution in [0.2, 0.25) is 0 Å². The average molecular weight is 383 g/mol. The van der Waals surface area contributed by atoms with Crippen LogP contribution in [-0.2, 0) is 0 Å². The zero-order valence-corrected chi connectivity index (χ0v) is 16.9. The Morgan fingerprint density at radius 3 is 2.93 bits per heavy atom. The molecule has 2 N–H and O–H groups in total. The molecule has 2 aromatic rings. The molecule has 0 fully saturated rings. The van der Waals surface area contributed by atoms with E-state index < -0.39 is 0 Å². The van der Waals surface area contributed by atoms with Crippen molar-refractivity contribution < 1.29 is 9.47 Å². The summed E-state index contributed by atoms with van der Waals surface area (Å²) >= 11 is 5.56. The normalized spacial score (nSPS) is 17.2. The van der Waals surface area contributed by atoms with Gasteiger partial charge in [0.25, 0.3) is 0 Å². The molecule has 0 aliphatic carbocycles. The van der Waals surface area contributed by atoms with Gasteiger partial charge in [0, 0.05) is 23.7 Å². The molecule has 1 atom stereocenters. The smallest absolute Gasteiger partial charge is 0.171 e. The molecule has 3 rings (SSSR count). The zero-order chi connectivity index (χ0) is 19.4. The number of nitrogens with one attached hydrogen (secondary N) is 2. The summed E-state index contributed by atoms with van der Waals surface area (Å²) in [6.45, 7) is 10.4. The summed E-state index contributed by atoms with van der Waals surface area (Å²) in [6.07, 6.45) is 2.55. The van der Waals surface area contributed by atoms with Gasteiger partial charge in [-0.2, -0.15) is 0 Å².